The first-order valence-corrected chi connectivity index (χ1v) is 9.59. The Morgan fingerprint density at radius 3 is 2.69 bits per heavy atom. The number of carbonyl (C=O) groups is 1. The van der Waals surface area contributed by atoms with Crippen LogP contribution in [0.4, 0.5) is 0 Å². The Labute approximate surface area is 158 Å². The van der Waals surface area contributed by atoms with Gasteiger partial charge in [-0.05, 0) is 44.4 Å². The molecular formula is C19H27N3O3S. The summed E-state index contributed by atoms with van der Waals surface area (Å²) in [6, 6.07) is 7.88. The zero-order valence-electron chi connectivity index (χ0n) is 15.6. The topological polar surface area (TPSA) is 75.9 Å². The Morgan fingerprint density at radius 2 is 2.04 bits per heavy atom. The Morgan fingerprint density at radius 1 is 1.23 bits per heavy atom. The number of esters is 1. The van der Waals surface area contributed by atoms with Crippen LogP contribution < -0.4 is 10.6 Å². The zero-order valence-corrected chi connectivity index (χ0v) is 16.4. The monoisotopic (exact) mass is 377 g/mol. The number of furan rings is 1. The minimum atomic E-state index is -0.464. The second-order valence-corrected chi connectivity index (χ2v) is 7.80. The molecule has 0 spiro atoms. The first kappa shape index (κ1) is 20.0. The normalized spacial score (nSPS) is 12.0. The van der Waals surface area contributed by atoms with Crippen LogP contribution in [0.15, 0.2) is 45.3 Å². The van der Waals surface area contributed by atoms with E-state index in [-0.39, 0.29) is 12.4 Å². The van der Waals surface area contributed by atoms with Crippen molar-refractivity contribution in [2.45, 2.75) is 45.8 Å². The van der Waals surface area contributed by atoms with Gasteiger partial charge in [0.1, 0.15) is 11.4 Å². The van der Waals surface area contributed by atoms with E-state index >= 15 is 0 Å². The van der Waals surface area contributed by atoms with E-state index in [0.29, 0.717) is 25.6 Å². The van der Waals surface area contributed by atoms with Crippen LogP contribution in [-0.2, 0) is 22.5 Å². The molecule has 0 saturated heterocycles. The average molecular weight is 378 g/mol. The maximum atomic E-state index is 11.8. The number of aliphatic imine (C=N–C) groups is 1. The van der Waals surface area contributed by atoms with E-state index < -0.39 is 5.60 Å². The minimum Gasteiger partial charge on any atom is -0.469 e. The fourth-order valence-electron chi connectivity index (χ4n) is 2.17. The van der Waals surface area contributed by atoms with Crippen molar-refractivity contribution in [3.05, 3.63) is 46.5 Å². The number of hydrogen-bond acceptors (Lipinski definition) is 5. The number of thiophene rings is 1. The summed E-state index contributed by atoms with van der Waals surface area (Å²) in [7, 11) is 0. The molecule has 0 aliphatic rings. The molecule has 0 radical (unpaired) electrons. The SMILES string of the molecule is CC(C)(C)OC(=O)CCNC(=NCc1cccs1)NCCc1ccco1. The van der Waals surface area contributed by atoms with Crippen LogP contribution >= 0.6 is 11.3 Å². The highest BCUT2D eigenvalue weighted by atomic mass is 32.1. The van der Waals surface area contributed by atoms with Crippen LogP contribution in [-0.4, -0.2) is 30.6 Å². The smallest absolute Gasteiger partial charge is 0.308 e. The maximum Gasteiger partial charge on any atom is 0.308 e. The Hall–Kier alpha value is -2.28. The molecular weight excluding hydrogens is 350 g/mol. The number of guanidine groups is 1. The number of nitrogens with one attached hydrogen (secondary N) is 2. The van der Waals surface area contributed by atoms with E-state index in [0.717, 1.165) is 12.2 Å². The quantitative estimate of drug-likeness (QED) is 0.419. The Balaban J connectivity index is 1.81. The predicted octanol–water partition coefficient (Wildman–Crippen LogP) is 3.35. The maximum absolute atomic E-state index is 11.8. The first-order chi connectivity index (χ1) is 12.4. The van der Waals surface area contributed by atoms with Crippen molar-refractivity contribution < 1.29 is 13.9 Å². The van der Waals surface area contributed by atoms with Gasteiger partial charge in [0, 0.05) is 24.4 Å². The average Bonchev–Trinajstić information content (AvgIpc) is 3.24. The second-order valence-electron chi connectivity index (χ2n) is 6.76. The second kappa shape index (κ2) is 10.0. The van der Waals surface area contributed by atoms with Crippen molar-refractivity contribution in [2.75, 3.05) is 13.1 Å². The summed E-state index contributed by atoms with van der Waals surface area (Å²) in [5.74, 6) is 1.37. The summed E-state index contributed by atoms with van der Waals surface area (Å²) < 4.78 is 10.7. The fraction of sp³-hybridized carbons (Fsp3) is 0.474. The van der Waals surface area contributed by atoms with Gasteiger partial charge < -0.3 is 19.8 Å². The lowest BCUT2D eigenvalue weighted by molar-refractivity contribution is -0.154. The van der Waals surface area contributed by atoms with Crippen molar-refractivity contribution in [1.82, 2.24) is 10.6 Å². The standard InChI is InChI=1S/C19H27N3O3S/c1-19(2,3)25-17(23)9-11-21-18(22-14-16-7-5-13-26-16)20-10-8-15-6-4-12-24-15/h4-7,12-13H,8-11,14H2,1-3H3,(H2,20,21,22). The van der Waals surface area contributed by atoms with Crippen molar-refractivity contribution >= 4 is 23.3 Å². The molecule has 6 nitrogen and oxygen atoms in total. The van der Waals surface area contributed by atoms with Gasteiger partial charge in [-0.3, -0.25) is 4.79 Å². The van der Waals surface area contributed by atoms with Crippen LogP contribution in [0.25, 0.3) is 0 Å². The summed E-state index contributed by atoms with van der Waals surface area (Å²) >= 11 is 1.67. The lowest BCUT2D eigenvalue weighted by atomic mass is 10.2. The summed E-state index contributed by atoms with van der Waals surface area (Å²) in [5.41, 5.74) is -0.464. The third-order valence-corrected chi connectivity index (χ3v) is 4.12. The molecule has 2 N–H and O–H groups in total. The summed E-state index contributed by atoms with van der Waals surface area (Å²) in [6.07, 6.45) is 2.72. The van der Waals surface area contributed by atoms with E-state index in [1.807, 2.05) is 44.4 Å². The lowest BCUT2D eigenvalue weighted by Crippen LogP contribution is -2.39. The number of nitrogens with zero attached hydrogens (tertiary/aromatic N) is 1. The molecule has 142 valence electrons. The highest BCUT2D eigenvalue weighted by Crippen LogP contribution is 2.09. The van der Waals surface area contributed by atoms with E-state index in [2.05, 4.69) is 21.7 Å². The van der Waals surface area contributed by atoms with Gasteiger partial charge in [-0.1, -0.05) is 6.07 Å². The molecule has 2 aromatic heterocycles. The van der Waals surface area contributed by atoms with Crippen LogP contribution in [0.2, 0.25) is 0 Å². The van der Waals surface area contributed by atoms with Gasteiger partial charge in [0.25, 0.3) is 0 Å². The van der Waals surface area contributed by atoms with Gasteiger partial charge in [-0.25, -0.2) is 4.99 Å². The third kappa shape index (κ3) is 8.20. The van der Waals surface area contributed by atoms with Crippen LogP contribution in [0, 0.1) is 0 Å². The molecule has 7 heteroatoms. The molecule has 0 aliphatic heterocycles. The molecule has 0 fully saturated rings. The molecule has 2 heterocycles. The fourth-order valence-corrected chi connectivity index (χ4v) is 2.80. The highest BCUT2D eigenvalue weighted by molar-refractivity contribution is 7.09. The largest absolute Gasteiger partial charge is 0.469 e. The molecule has 0 saturated carbocycles. The predicted molar refractivity (Wildman–Crippen MR) is 104 cm³/mol. The van der Waals surface area contributed by atoms with E-state index in [4.69, 9.17) is 9.15 Å². The Kier molecular flexibility index (Phi) is 7.72. The summed E-state index contributed by atoms with van der Waals surface area (Å²) in [4.78, 5) is 17.6. The molecule has 2 aromatic rings. The third-order valence-electron chi connectivity index (χ3n) is 3.26. The van der Waals surface area contributed by atoms with Crippen molar-refractivity contribution in [1.29, 1.82) is 0 Å². The van der Waals surface area contributed by atoms with Gasteiger partial charge in [0.15, 0.2) is 5.96 Å². The molecule has 0 unspecified atom stereocenters. The highest BCUT2D eigenvalue weighted by Gasteiger charge is 2.15. The van der Waals surface area contributed by atoms with Gasteiger partial charge >= 0.3 is 5.97 Å². The number of ether oxygens (including phenoxy) is 1. The Bertz CT molecular complexity index is 673. The van der Waals surface area contributed by atoms with Gasteiger partial charge in [0.2, 0.25) is 0 Å². The van der Waals surface area contributed by atoms with Gasteiger partial charge in [-0.2, -0.15) is 0 Å². The van der Waals surface area contributed by atoms with Crippen LogP contribution in [0.5, 0.6) is 0 Å². The van der Waals surface area contributed by atoms with Crippen molar-refractivity contribution in [3.8, 4) is 0 Å². The molecule has 0 bridgehead atoms. The van der Waals surface area contributed by atoms with E-state index in [9.17, 15) is 4.79 Å². The molecule has 0 aliphatic carbocycles. The van der Waals surface area contributed by atoms with Gasteiger partial charge in [-0.15, -0.1) is 11.3 Å². The zero-order chi connectivity index (χ0) is 18.8. The van der Waals surface area contributed by atoms with Crippen molar-refractivity contribution in [2.24, 2.45) is 4.99 Å². The molecule has 2 rings (SSSR count). The van der Waals surface area contributed by atoms with Crippen LogP contribution in [0.3, 0.4) is 0 Å². The molecule has 26 heavy (non-hydrogen) atoms. The van der Waals surface area contributed by atoms with Crippen LogP contribution in [0.1, 0.15) is 37.8 Å². The van der Waals surface area contributed by atoms with E-state index in [1.165, 1.54) is 4.88 Å². The van der Waals surface area contributed by atoms with E-state index in [1.54, 1.807) is 17.6 Å². The van der Waals surface area contributed by atoms with Crippen molar-refractivity contribution in [3.63, 3.8) is 0 Å². The minimum absolute atomic E-state index is 0.224. The molecule has 0 amide bonds. The number of rotatable bonds is 8. The molecule has 0 atom stereocenters. The number of carbonyl (C=O) groups excluding carboxylic acids is 1. The first-order valence-electron chi connectivity index (χ1n) is 8.71. The molecule has 0 aromatic carbocycles. The van der Waals surface area contributed by atoms with Gasteiger partial charge in [0.05, 0.1) is 19.2 Å². The summed E-state index contributed by atoms with van der Waals surface area (Å²) in [6.45, 7) is 7.34. The summed E-state index contributed by atoms with van der Waals surface area (Å²) in [5, 5.41) is 8.50. The lowest BCUT2D eigenvalue weighted by Gasteiger charge is -2.19. The number of hydrogen-bond donors (Lipinski definition) is 2.